The van der Waals surface area contributed by atoms with Crippen LogP contribution in [0.15, 0.2) is 42.5 Å². The van der Waals surface area contributed by atoms with E-state index in [-0.39, 0.29) is 18.5 Å². The van der Waals surface area contributed by atoms with Crippen molar-refractivity contribution in [3.63, 3.8) is 0 Å². The van der Waals surface area contributed by atoms with Gasteiger partial charge in [-0.1, -0.05) is 43.1 Å². The smallest absolute Gasteiger partial charge is 0.250 e. The Morgan fingerprint density at radius 3 is 2.52 bits per heavy atom. The third-order valence-corrected chi connectivity index (χ3v) is 5.90. The van der Waals surface area contributed by atoms with Crippen LogP contribution in [0.5, 0.6) is 0 Å². The Morgan fingerprint density at radius 1 is 1.07 bits per heavy atom. The number of imide groups is 1. The fourth-order valence-electron chi connectivity index (χ4n) is 4.15. The quantitative estimate of drug-likeness (QED) is 0.552. The molecule has 0 bridgehead atoms. The van der Waals surface area contributed by atoms with E-state index in [2.05, 4.69) is 0 Å². The molecule has 1 unspecified atom stereocenters. The molecule has 0 aliphatic carbocycles. The molecule has 1 saturated heterocycles. The molecule has 0 radical (unpaired) electrons. The van der Waals surface area contributed by atoms with E-state index in [9.17, 15) is 18.8 Å². The minimum Gasteiger partial charge on any atom is -0.311 e. The maximum absolute atomic E-state index is 14.1. The first kappa shape index (κ1) is 19.6. The van der Waals surface area contributed by atoms with Crippen molar-refractivity contribution in [3.8, 4) is 0 Å². The standard InChI is InChI=1S/C22H20ClFN2O3/c1-2-3-10-25-18-9-8-15(23)11-16(18)22(20(25)28)12-19(27)26(21(22)29)13-14-6-4-5-7-17(14)24/h4-9,11H,2-3,10,12-13H2,1H3. The third kappa shape index (κ3) is 2.94. The maximum atomic E-state index is 14.1. The van der Waals surface area contributed by atoms with E-state index in [1.807, 2.05) is 6.92 Å². The van der Waals surface area contributed by atoms with Gasteiger partial charge in [-0.2, -0.15) is 0 Å². The Balaban J connectivity index is 1.76. The lowest BCUT2D eigenvalue weighted by Crippen LogP contribution is -2.46. The van der Waals surface area contributed by atoms with Gasteiger partial charge in [-0.3, -0.25) is 19.3 Å². The van der Waals surface area contributed by atoms with E-state index in [0.29, 0.717) is 22.8 Å². The Bertz CT molecular complexity index is 1020. The fraction of sp³-hybridized carbons (Fsp3) is 0.318. The van der Waals surface area contributed by atoms with Crippen molar-refractivity contribution in [2.24, 2.45) is 0 Å². The van der Waals surface area contributed by atoms with Crippen LogP contribution in [0.1, 0.15) is 37.3 Å². The topological polar surface area (TPSA) is 57.7 Å². The molecule has 29 heavy (non-hydrogen) atoms. The van der Waals surface area contributed by atoms with Gasteiger partial charge in [0.25, 0.3) is 0 Å². The molecular formula is C22H20ClFN2O3. The molecule has 2 aliphatic rings. The molecule has 2 aromatic carbocycles. The van der Waals surface area contributed by atoms with Crippen molar-refractivity contribution in [2.75, 3.05) is 11.4 Å². The number of halogens is 2. The van der Waals surface area contributed by atoms with Crippen LogP contribution in [-0.4, -0.2) is 29.2 Å². The van der Waals surface area contributed by atoms with Crippen LogP contribution in [0.4, 0.5) is 10.1 Å². The van der Waals surface area contributed by atoms with Crippen LogP contribution in [0.3, 0.4) is 0 Å². The number of fused-ring (bicyclic) bond motifs is 2. The molecule has 1 fully saturated rings. The molecule has 1 spiro atoms. The average molecular weight is 415 g/mol. The second kappa shape index (κ2) is 7.26. The number of benzene rings is 2. The van der Waals surface area contributed by atoms with Crippen molar-refractivity contribution in [1.82, 2.24) is 4.90 Å². The highest BCUT2D eigenvalue weighted by molar-refractivity contribution is 6.32. The monoisotopic (exact) mass is 414 g/mol. The highest BCUT2D eigenvalue weighted by Crippen LogP contribution is 2.49. The number of anilines is 1. The van der Waals surface area contributed by atoms with Gasteiger partial charge in [0.1, 0.15) is 5.82 Å². The lowest BCUT2D eigenvalue weighted by atomic mass is 9.80. The van der Waals surface area contributed by atoms with E-state index in [1.54, 1.807) is 29.2 Å². The number of hydrogen-bond donors (Lipinski definition) is 0. The van der Waals surface area contributed by atoms with Crippen LogP contribution < -0.4 is 4.90 Å². The molecule has 0 aromatic heterocycles. The number of carbonyl (C=O) groups is 3. The van der Waals surface area contributed by atoms with Crippen LogP contribution in [-0.2, 0) is 26.3 Å². The first-order valence-corrected chi connectivity index (χ1v) is 9.98. The summed E-state index contributed by atoms with van der Waals surface area (Å²) in [6.07, 6.45) is 1.38. The van der Waals surface area contributed by atoms with Crippen molar-refractivity contribution >= 4 is 35.0 Å². The summed E-state index contributed by atoms with van der Waals surface area (Å²) in [7, 11) is 0. The molecule has 2 aliphatic heterocycles. The Hall–Kier alpha value is -2.73. The van der Waals surface area contributed by atoms with E-state index in [0.717, 1.165) is 17.7 Å². The molecule has 4 rings (SSSR count). The molecule has 150 valence electrons. The summed E-state index contributed by atoms with van der Waals surface area (Å²) in [6.45, 7) is 2.27. The summed E-state index contributed by atoms with van der Waals surface area (Å²) in [5.74, 6) is -2.01. The average Bonchev–Trinajstić information content (AvgIpc) is 3.08. The number of nitrogens with zero attached hydrogens (tertiary/aromatic N) is 2. The predicted molar refractivity (Wildman–Crippen MR) is 107 cm³/mol. The second-order valence-corrected chi connectivity index (χ2v) is 7.87. The van der Waals surface area contributed by atoms with Crippen LogP contribution in [0.2, 0.25) is 5.02 Å². The highest BCUT2D eigenvalue weighted by atomic mass is 35.5. The van der Waals surface area contributed by atoms with E-state index in [1.165, 1.54) is 18.2 Å². The van der Waals surface area contributed by atoms with Gasteiger partial charge in [0.15, 0.2) is 5.41 Å². The van der Waals surface area contributed by atoms with Crippen molar-refractivity contribution in [2.45, 2.75) is 38.1 Å². The molecule has 5 nitrogen and oxygen atoms in total. The SMILES string of the molecule is CCCCN1C(=O)C2(CC(=O)N(Cc3ccccc3F)C2=O)c2cc(Cl)ccc21. The van der Waals surface area contributed by atoms with Gasteiger partial charge >= 0.3 is 0 Å². The minimum absolute atomic E-state index is 0.204. The molecular weight excluding hydrogens is 395 g/mol. The maximum Gasteiger partial charge on any atom is 0.250 e. The van der Waals surface area contributed by atoms with Gasteiger partial charge < -0.3 is 4.90 Å². The number of hydrogen-bond acceptors (Lipinski definition) is 3. The van der Waals surface area contributed by atoms with E-state index < -0.39 is 29.0 Å². The Labute approximate surface area is 173 Å². The van der Waals surface area contributed by atoms with Gasteiger partial charge in [-0.25, -0.2) is 4.39 Å². The number of amides is 3. The molecule has 0 saturated carbocycles. The zero-order valence-corrected chi connectivity index (χ0v) is 16.7. The summed E-state index contributed by atoms with van der Waals surface area (Å²) in [6, 6.07) is 11.0. The Kier molecular flexibility index (Phi) is 4.90. The Morgan fingerprint density at radius 2 is 1.79 bits per heavy atom. The summed E-state index contributed by atoms with van der Waals surface area (Å²) < 4.78 is 14.1. The zero-order chi connectivity index (χ0) is 20.8. The lowest BCUT2D eigenvalue weighted by Gasteiger charge is -2.22. The number of rotatable bonds is 5. The predicted octanol–water partition coefficient (Wildman–Crippen LogP) is 3.82. The molecule has 2 aromatic rings. The van der Waals surface area contributed by atoms with Gasteiger partial charge in [0.05, 0.1) is 13.0 Å². The van der Waals surface area contributed by atoms with Gasteiger partial charge in [0.2, 0.25) is 17.7 Å². The van der Waals surface area contributed by atoms with Gasteiger partial charge in [0, 0.05) is 28.4 Å². The molecule has 3 amide bonds. The molecule has 7 heteroatoms. The first-order valence-electron chi connectivity index (χ1n) is 9.60. The van der Waals surface area contributed by atoms with Crippen LogP contribution >= 0.6 is 11.6 Å². The molecule has 1 atom stereocenters. The second-order valence-electron chi connectivity index (χ2n) is 7.43. The summed E-state index contributed by atoms with van der Waals surface area (Å²) in [5, 5.41) is 0.390. The number of likely N-dealkylation sites (tertiary alicyclic amines) is 1. The number of unbranched alkanes of at least 4 members (excludes halogenated alkanes) is 1. The first-order chi connectivity index (χ1) is 13.9. The fourth-order valence-corrected chi connectivity index (χ4v) is 4.33. The van der Waals surface area contributed by atoms with Crippen molar-refractivity contribution in [1.29, 1.82) is 0 Å². The van der Waals surface area contributed by atoms with Gasteiger partial charge in [-0.15, -0.1) is 0 Å². The summed E-state index contributed by atoms with van der Waals surface area (Å²) in [4.78, 5) is 42.3. The zero-order valence-electron chi connectivity index (χ0n) is 16.0. The lowest BCUT2D eigenvalue weighted by molar-refractivity contribution is -0.142. The van der Waals surface area contributed by atoms with Crippen LogP contribution in [0.25, 0.3) is 0 Å². The summed E-state index contributed by atoms with van der Waals surface area (Å²) in [5.41, 5.74) is -0.316. The van der Waals surface area contributed by atoms with E-state index in [4.69, 9.17) is 11.6 Å². The van der Waals surface area contributed by atoms with Crippen molar-refractivity contribution in [3.05, 3.63) is 64.4 Å². The molecule has 0 N–H and O–H groups in total. The third-order valence-electron chi connectivity index (χ3n) is 5.67. The largest absolute Gasteiger partial charge is 0.311 e. The summed E-state index contributed by atoms with van der Waals surface area (Å²) >= 11 is 6.17. The minimum atomic E-state index is -1.61. The normalized spacial score (nSPS) is 20.9. The molecule has 2 heterocycles. The number of carbonyl (C=O) groups excluding carboxylic acids is 3. The van der Waals surface area contributed by atoms with Gasteiger partial charge in [-0.05, 0) is 30.7 Å². The van der Waals surface area contributed by atoms with E-state index >= 15 is 0 Å². The highest BCUT2D eigenvalue weighted by Gasteiger charge is 2.63. The van der Waals surface area contributed by atoms with Crippen molar-refractivity contribution < 1.29 is 18.8 Å². The van der Waals surface area contributed by atoms with Crippen LogP contribution in [0, 0.1) is 5.82 Å².